The van der Waals surface area contributed by atoms with Crippen molar-refractivity contribution in [2.75, 3.05) is 6.54 Å². The Hall–Kier alpha value is -0.890. The average Bonchev–Trinajstić information content (AvgIpc) is 2.76. The minimum Gasteiger partial charge on any atom is -0.330 e. The molecule has 0 aromatic carbocycles. The second-order valence-corrected chi connectivity index (χ2v) is 5.76. The molecule has 0 saturated heterocycles. The van der Waals surface area contributed by atoms with Gasteiger partial charge in [0.05, 0.1) is 0 Å². The first kappa shape index (κ1) is 10.3. The van der Waals surface area contributed by atoms with Gasteiger partial charge in [-0.15, -0.1) is 0 Å². The van der Waals surface area contributed by atoms with E-state index >= 15 is 0 Å². The van der Waals surface area contributed by atoms with E-state index < -0.39 is 0 Å². The van der Waals surface area contributed by atoms with E-state index in [4.69, 9.17) is 5.73 Å². The van der Waals surface area contributed by atoms with Crippen LogP contribution in [-0.4, -0.2) is 11.5 Å². The second-order valence-electron chi connectivity index (χ2n) is 5.76. The SMILES string of the molecule is NCC1(c2ccccn2)CC2(CCCC2)C1. The molecule has 1 aromatic rings. The van der Waals surface area contributed by atoms with Crippen molar-refractivity contribution in [3.8, 4) is 0 Å². The number of aromatic nitrogens is 1. The highest BCUT2D eigenvalue weighted by Gasteiger charge is 2.55. The lowest BCUT2D eigenvalue weighted by atomic mass is 9.50. The van der Waals surface area contributed by atoms with Gasteiger partial charge in [0.15, 0.2) is 0 Å². The average molecular weight is 216 g/mol. The number of nitrogens with two attached hydrogens (primary N) is 1. The Morgan fingerprint density at radius 2 is 1.94 bits per heavy atom. The maximum atomic E-state index is 6.01. The monoisotopic (exact) mass is 216 g/mol. The fourth-order valence-electron chi connectivity index (χ4n) is 3.97. The number of nitrogens with zero attached hydrogens (tertiary/aromatic N) is 1. The van der Waals surface area contributed by atoms with Crippen molar-refractivity contribution in [2.45, 2.75) is 43.9 Å². The minimum absolute atomic E-state index is 0.200. The normalized spacial score (nSPS) is 25.6. The van der Waals surface area contributed by atoms with Crippen molar-refractivity contribution in [1.82, 2.24) is 4.98 Å². The van der Waals surface area contributed by atoms with Crippen LogP contribution in [0.2, 0.25) is 0 Å². The Kier molecular flexibility index (Phi) is 2.28. The van der Waals surface area contributed by atoms with Gasteiger partial charge in [0.25, 0.3) is 0 Å². The first-order valence-electron chi connectivity index (χ1n) is 6.40. The molecule has 0 radical (unpaired) electrons. The third kappa shape index (κ3) is 1.40. The standard InChI is InChI=1S/C14H20N2/c15-11-14(12-5-1-4-8-16-12)9-13(10-14)6-2-3-7-13/h1,4-5,8H,2-3,6-7,9-11,15H2. The highest BCUT2D eigenvalue weighted by atomic mass is 14.8. The molecule has 2 nitrogen and oxygen atoms in total. The first-order chi connectivity index (χ1) is 7.79. The van der Waals surface area contributed by atoms with Crippen LogP contribution in [0.1, 0.15) is 44.2 Å². The molecule has 0 unspecified atom stereocenters. The summed E-state index contributed by atoms with van der Waals surface area (Å²) in [7, 11) is 0. The van der Waals surface area contributed by atoms with Gasteiger partial charge in [0.2, 0.25) is 0 Å². The molecule has 2 aliphatic rings. The van der Waals surface area contributed by atoms with Crippen LogP contribution < -0.4 is 5.73 Å². The van der Waals surface area contributed by atoms with Crippen LogP contribution in [0.4, 0.5) is 0 Å². The molecule has 3 rings (SSSR count). The Morgan fingerprint density at radius 1 is 1.19 bits per heavy atom. The molecule has 2 saturated carbocycles. The lowest BCUT2D eigenvalue weighted by molar-refractivity contribution is 0.0300. The van der Waals surface area contributed by atoms with E-state index in [1.54, 1.807) is 0 Å². The van der Waals surface area contributed by atoms with E-state index in [0.29, 0.717) is 5.41 Å². The van der Waals surface area contributed by atoms with Crippen LogP contribution in [0.5, 0.6) is 0 Å². The molecule has 1 heterocycles. The summed E-state index contributed by atoms with van der Waals surface area (Å²) < 4.78 is 0. The Bertz CT molecular complexity index is 358. The molecule has 2 aliphatic carbocycles. The Morgan fingerprint density at radius 3 is 2.50 bits per heavy atom. The van der Waals surface area contributed by atoms with Crippen LogP contribution in [0.3, 0.4) is 0 Å². The van der Waals surface area contributed by atoms with Crippen LogP contribution in [-0.2, 0) is 5.41 Å². The fraction of sp³-hybridized carbons (Fsp3) is 0.643. The molecule has 2 heteroatoms. The van der Waals surface area contributed by atoms with Gasteiger partial charge in [-0.25, -0.2) is 0 Å². The van der Waals surface area contributed by atoms with Crippen LogP contribution >= 0.6 is 0 Å². The predicted octanol–water partition coefficient (Wildman–Crippen LogP) is 2.63. The van der Waals surface area contributed by atoms with Gasteiger partial charge in [0.1, 0.15) is 0 Å². The smallest absolute Gasteiger partial charge is 0.0478 e. The lowest BCUT2D eigenvalue weighted by Crippen LogP contribution is -2.53. The zero-order valence-corrected chi connectivity index (χ0v) is 9.78. The molecule has 1 aromatic heterocycles. The molecule has 0 atom stereocenters. The maximum absolute atomic E-state index is 6.01. The van der Waals surface area contributed by atoms with Crippen LogP contribution in [0.25, 0.3) is 0 Å². The second kappa shape index (κ2) is 3.56. The summed E-state index contributed by atoms with van der Waals surface area (Å²) in [5, 5.41) is 0. The zero-order chi connectivity index (χ0) is 11.1. The van der Waals surface area contributed by atoms with E-state index in [0.717, 1.165) is 6.54 Å². The van der Waals surface area contributed by atoms with Gasteiger partial charge in [-0.2, -0.15) is 0 Å². The van der Waals surface area contributed by atoms with Crippen LogP contribution in [0, 0.1) is 5.41 Å². The van der Waals surface area contributed by atoms with Gasteiger partial charge in [-0.05, 0) is 43.2 Å². The Balaban J connectivity index is 1.83. The molecule has 2 fully saturated rings. The van der Waals surface area contributed by atoms with Crippen molar-refractivity contribution in [2.24, 2.45) is 11.1 Å². The largest absolute Gasteiger partial charge is 0.330 e. The van der Waals surface area contributed by atoms with Crippen molar-refractivity contribution in [3.63, 3.8) is 0 Å². The van der Waals surface area contributed by atoms with E-state index in [1.807, 2.05) is 12.3 Å². The van der Waals surface area contributed by atoms with Gasteiger partial charge in [-0.3, -0.25) is 4.98 Å². The fourth-order valence-corrected chi connectivity index (χ4v) is 3.97. The van der Waals surface area contributed by atoms with Crippen molar-refractivity contribution < 1.29 is 0 Å². The molecule has 1 spiro atoms. The van der Waals surface area contributed by atoms with Gasteiger partial charge < -0.3 is 5.73 Å². The minimum atomic E-state index is 0.200. The highest BCUT2D eigenvalue weighted by molar-refractivity contribution is 5.26. The lowest BCUT2D eigenvalue weighted by Gasteiger charge is -2.54. The van der Waals surface area contributed by atoms with Crippen LogP contribution in [0.15, 0.2) is 24.4 Å². The van der Waals surface area contributed by atoms with Crippen molar-refractivity contribution in [1.29, 1.82) is 0 Å². The summed E-state index contributed by atoms with van der Waals surface area (Å²) in [4.78, 5) is 4.52. The van der Waals surface area contributed by atoms with Crippen molar-refractivity contribution >= 4 is 0 Å². The molecule has 0 amide bonds. The maximum Gasteiger partial charge on any atom is 0.0478 e. The summed E-state index contributed by atoms with van der Waals surface area (Å²) in [6.07, 6.45) is 10.1. The summed E-state index contributed by atoms with van der Waals surface area (Å²) >= 11 is 0. The van der Waals surface area contributed by atoms with E-state index in [2.05, 4.69) is 17.1 Å². The number of hydrogen-bond donors (Lipinski definition) is 1. The molecule has 86 valence electrons. The molecule has 0 aliphatic heterocycles. The van der Waals surface area contributed by atoms with Gasteiger partial charge in [-0.1, -0.05) is 18.9 Å². The predicted molar refractivity (Wildman–Crippen MR) is 65.1 cm³/mol. The Labute approximate surface area is 97.3 Å². The quantitative estimate of drug-likeness (QED) is 0.825. The third-order valence-electron chi connectivity index (χ3n) is 4.69. The first-order valence-corrected chi connectivity index (χ1v) is 6.40. The molecule has 2 N–H and O–H groups in total. The molecular formula is C14H20N2. The van der Waals surface area contributed by atoms with E-state index in [-0.39, 0.29) is 5.41 Å². The van der Waals surface area contributed by atoms with Gasteiger partial charge >= 0.3 is 0 Å². The molecule has 0 bridgehead atoms. The molecule has 16 heavy (non-hydrogen) atoms. The highest BCUT2D eigenvalue weighted by Crippen LogP contribution is 2.62. The van der Waals surface area contributed by atoms with E-state index in [1.165, 1.54) is 44.2 Å². The zero-order valence-electron chi connectivity index (χ0n) is 9.78. The topological polar surface area (TPSA) is 38.9 Å². The summed E-state index contributed by atoms with van der Waals surface area (Å²) in [5.74, 6) is 0. The van der Waals surface area contributed by atoms with Crippen molar-refractivity contribution in [3.05, 3.63) is 30.1 Å². The molecular weight excluding hydrogens is 196 g/mol. The number of hydrogen-bond acceptors (Lipinski definition) is 2. The summed E-state index contributed by atoms with van der Waals surface area (Å²) in [6, 6.07) is 6.21. The summed E-state index contributed by atoms with van der Waals surface area (Å²) in [5.41, 5.74) is 8.07. The number of pyridine rings is 1. The summed E-state index contributed by atoms with van der Waals surface area (Å²) in [6.45, 7) is 0.756. The third-order valence-corrected chi connectivity index (χ3v) is 4.69. The van der Waals surface area contributed by atoms with Gasteiger partial charge in [0, 0.05) is 23.9 Å². The van der Waals surface area contributed by atoms with E-state index in [9.17, 15) is 0 Å². The number of rotatable bonds is 2.